The highest BCUT2D eigenvalue weighted by Gasteiger charge is 2.36. The number of benzene rings is 4. The van der Waals surface area contributed by atoms with E-state index in [1.54, 1.807) is 78.9 Å². The summed E-state index contributed by atoms with van der Waals surface area (Å²) < 4.78 is 48.0. The zero-order chi connectivity index (χ0) is 20.4. The molecule has 0 bridgehead atoms. The Bertz CT molecular complexity index is 1160. The van der Waals surface area contributed by atoms with Crippen LogP contribution in [0, 0.1) is 0 Å². The summed E-state index contributed by atoms with van der Waals surface area (Å²) in [5.41, 5.74) is 0.0813. The van der Waals surface area contributed by atoms with E-state index >= 15 is 0 Å². The SMILES string of the molecule is O=Cc1ccc(Oc2c(-c3ccccc3)c(C(F)(F)F)cc3ccccc23)cc1. The van der Waals surface area contributed by atoms with Crippen molar-refractivity contribution in [2.24, 2.45) is 0 Å². The van der Waals surface area contributed by atoms with Gasteiger partial charge < -0.3 is 4.74 Å². The first-order valence-corrected chi connectivity index (χ1v) is 8.89. The molecule has 4 aromatic carbocycles. The molecule has 29 heavy (non-hydrogen) atoms. The van der Waals surface area contributed by atoms with Crippen molar-refractivity contribution in [1.82, 2.24) is 0 Å². The molecule has 0 atom stereocenters. The number of fused-ring (bicyclic) bond motifs is 1. The molecule has 2 nitrogen and oxygen atoms in total. The average molecular weight is 392 g/mol. The largest absolute Gasteiger partial charge is 0.456 e. The van der Waals surface area contributed by atoms with Crippen molar-refractivity contribution in [2.45, 2.75) is 6.18 Å². The Morgan fingerprint density at radius 2 is 1.45 bits per heavy atom. The average Bonchev–Trinajstić information content (AvgIpc) is 2.74. The molecule has 4 aromatic rings. The molecule has 0 spiro atoms. The Balaban J connectivity index is 2.02. The predicted molar refractivity (Wildman–Crippen MR) is 106 cm³/mol. The van der Waals surface area contributed by atoms with Crippen LogP contribution in [0.3, 0.4) is 0 Å². The van der Waals surface area contributed by atoms with Crippen LogP contribution >= 0.6 is 0 Å². The number of aldehydes is 1. The molecule has 0 aliphatic rings. The normalized spacial score (nSPS) is 11.4. The fraction of sp³-hybridized carbons (Fsp3) is 0.0417. The molecule has 0 amide bonds. The Hall–Kier alpha value is -3.60. The monoisotopic (exact) mass is 392 g/mol. The highest BCUT2D eigenvalue weighted by molar-refractivity contribution is 5.97. The number of ether oxygens (including phenoxy) is 1. The molecule has 0 saturated heterocycles. The summed E-state index contributed by atoms with van der Waals surface area (Å²) in [4.78, 5) is 10.9. The lowest BCUT2D eigenvalue weighted by molar-refractivity contribution is -0.137. The van der Waals surface area contributed by atoms with Gasteiger partial charge in [0.15, 0.2) is 0 Å². The third-order valence-electron chi connectivity index (χ3n) is 4.61. The minimum atomic E-state index is -4.56. The summed E-state index contributed by atoms with van der Waals surface area (Å²) in [7, 11) is 0. The second kappa shape index (κ2) is 7.43. The van der Waals surface area contributed by atoms with E-state index in [2.05, 4.69) is 0 Å². The van der Waals surface area contributed by atoms with Crippen molar-refractivity contribution in [1.29, 1.82) is 0 Å². The van der Waals surface area contributed by atoms with Gasteiger partial charge in [0, 0.05) is 16.5 Å². The van der Waals surface area contributed by atoms with Gasteiger partial charge in [-0.05, 0) is 41.3 Å². The number of carbonyl (C=O) groups is 1. The number of alkyl halides is 3. The lowest BCUT2D eigenvalue weighted by atomic mass is 9.93. The van der Waals surface area contributed by atoms with E-state index in [1.807, 2.05) is 0 Å². The Morgan fingerprint density at radius 3 is 2.10 bits per heavy atom. The molecule has 0 N–H and O–H groups in total. The van der Waals surface area contributed by atoms with E-state index in [4.69, 9.17) is 4.74 Å². The quantitative estimate of drug-likeness (QED) is 0.345. The van der Waals surface area contributed by atoms with Gasteiger partial charge in [-0.3, -0.25) is 4.79 Å². The lowest BCUT2D eigenvalue weighted by Gasteiger charge is -2.20. The highest BCUT2D eigenvalue weighted by atomic mass is 19.4. The van der Waals surface area contributed by atoms with E-state index in [0.717, 1.165) is 6.07 Å². The van der Waals surface area contributed by atoms with Gasteiger partial charge in [-0.25, -0.2) is 0 Å². The minimum Gasteiger partial charge on any atom is -0.456 e. The summed E-state index contributed by atoms with van der Waals surface area (Å²) in [6.07, 6.45) is -3.87. The maximum Gasteiger partial charge on any atom is 0.417 e. The van der Waals surface area contributed by atoms with Crippen LogP contribution < -0.4 is 4.74 Å². The molecule has 5 heteroatoms. The molecular weight excluding hydrogens is 377 g/mol. The van der Waals surface area contributed by atoms with Crippen molar-refractivity contribution in [3.05, 3.63) is 96.1 Å². The van der Waals surface area contributed by atoms with Gasteiger partial charge >= 0.3 is 6.18 Å². The van der Waals surface area contributed by atoms with Crippen LogP contribution in [0.2, 0.25) is 0 Å². The first kappa shape index (κ1) is 18.7. The maximum absolute atomic E-state index is 14.0. The van der Waals surface area contributed by atoms with Crippen LogP contribution in [0.25, 0.3) is 21.9 Å². The zero-order valence-corrected chi connectivity index (χ0v) is 15.1. The first-order valence-electron chi connectivity index (χ1n) is 8.89. The third-order valence-corrected chi connectivity index (χ3v) is 4.61. The van der Waals surface area contributed by atoms with Gasteiger partial charge in [0.25, 0.3) is 0 Å². The zero-order valence-electron chi connectivity index (χ0n) is 15.1. The van der Waals surface area contributed by atoms with Gasteiger partial charge in [-0.2, -0.15) is 13.2 Å². The molecule has 4 rings (SSSR count). The number of hydrogen-bond donors (Lipinski definition) is 0. The van der Waals surface area contributed by atoms with Crippen LogP contribution in [0.1, 0.15) is 15.9 Å². The summed E-state index contributed by atoms with van der Waals surface area (Å²) in [6, 6.07) is 22.6. The molecule has 0 unspecified atom stereocenters. The highest BCUT2D eigenvalue weighted by Crippen LogP contribution is 2.47. The summed E-state index contributed by atoms with van der Waals surface area (Å²) >= 11 is 0. The summed E-state index contributed by atoms with van der Waals surface area (Å²) in [5.74, 6) is 0.470. The number of carbonyl (C=O) groups excluding carboxylic acids is 1. The molecule has 0 fully saturated rings. The Kier molecular flexibility index (Phi) is 4.80. The van der Waals surface area contributed by atoms with E-state index in [9.17, 15) is 18.0 Å². The van der Waals surface area contributed by atoms with Gasteiger partial charge in [-0.1, -0.05) is 54.6 Å². The number of halogens is 3. The molecule has 0 radical (unpaired) electrons. The third kappa shape index (κ3) is 3.72. The van der Waals surface area contributed by atoms with Crippen molar-refractivity contribution in [2.75, 3.05) is 0 Å². The molecule has 0 aromatic heterocycles. The van der Waals surface area contributed by atoms with Crippen molar-refractivity contribution >= 4 is 17.1 Å². The van der Waals surface area contributed by atoms with E-state index in [1.165, 1.54) is 0 Å². The van der Waals surface area contributed by atoms with Crippen LogP contribution in [0.15, 0.2) is 84.9 Å². The van der Waals surface area contributed by atoms with Crippen LogP contribution in [0.5, 0.6) is 11.5 Å². The van der Waals surface area contributed by atoms with Gasteiger partial charge in [0.05, 0.1) is 5.56 Å². The molecule has 144 valence electrons. The second-order valence-electron chi connectivity index (χ2n) is 6.50. The number of rotatable bonds is 4. The van der Waals surface area contributed by atoms with Crippen molar-refractivity contribution < 1.29 is 22.7 Å². The number of hydrogen-bond acceptors (Lipinski definition) is 2. The smallest absolute Gasteiger partial charge is 0.417 e. The standard InChI is InChI=1S/C24H15F3O2/c25-24(26,27)21-14-18-8-4-5-9-20(18)23(22(21)17-6-2-1-3-7-17)29-19-12-10-16(15-28)11-13-19/h1-15H. The van der Waals surface area contributed by atoms with Crippen molar-refractivity contribution in [3.8, 4) is 22.6 Å². The molecule has 0 saturated carbocycles. The van der Waals surface area contributed by atoms with Crippen LogP contribution in [0.4, 0.5) is 13.2 Å². The minimum absolute atomic E-state index is 0.0173. The summed E-state index contributed by atoms with van der Waals surface area (Å²) in [6.45, 7) is 0. The molecular formula is C24H15F3O2. The lowest BCUT2D eigenvalue weighted by Crippen LogP contribution is -2.08. The van der Waals surface area contributed by atoms with Crippen molar-refractivity contribution in [3.63, 3.8) is 0 Å². The van der Waals surface area contributed by atoms with E-state index in [-0.39, 0.29) is 11.3 Å². The predicted octanol–water partition coefficient (Wildman–Crippen LogP) is 7.13. The molecule has 0 aliphatic heterocycles. The Labute approximate surface area is 165 Å². The van der Waals surface area contributed by atoms with Gasteiger partial charge in [-0.15, -0.1) is 0 Å². The van der Waals surface area contributed by atoms with Gasteiger partial charge in [0.2, 0.25) is 0 Å². The topological polar surface area (TPSA) is 26.3 Å². The maximum atomic E-state index is 14.0. The second-order valence-corrected chi connectivity index (χ2v) is 6.50. The Morgan fingerprint density at radius 1 is 0.793 bits per heavy atom. The fourth-order valence-corrected chi connectivity index (χ4v) is 3.27. The van der Waals surface area contributed by atoms with Crippen LogP contribution in [-0.4, -0.2) is 6.29 Å². The van der Waals surface area contributed by atoms with E-state index < -0.39 is 11.7 Å². The van der Waals surface area contributed by atoms with Gasteiger partial charge in [0.1, 0.15) is 17.8 Å². The molecule has 0 aliphatic carbocycles. The van der Waals surface area contributed by atoms with E-state index in [0.29, 0.717) is 33.9 Å². The fourth-order valence-electron chi connectivity index (χ4n) is 3.27. The summed E-state index contributed by atoms with van der Waals surface area (Å²) in [5, 5.41) is 0.998. The molecule has 0 heterocycles. The van der Waals surface area contributed by atoms with Crippen LogP contribution in [-0.2, 0) is 6.18 Å². The first-order chi connectivity index (χ1) is 14.0.